The van der Waals surface area contributed by atoms with Crippen LogP contribution in [-0.2, 0) is 15.3 Å². The summed E-state index contributed by atoms with van der Waals surface area (Å²) in [7, 11) is 0. The number of rotatable bonds is 5. The molecule has 0 N–H and O–H groups in total. The zero-order chi connectivity index (χ0) is 16.3. The molecule has 0 bridgehead atoms. The highest BCUT2D eigenvalue weighted by Crippen LogP contribution is 2.37. The van der Waals surface area contributed by atoms with Crippen LogP contribution in [0.3, 0.4) is 0 Å². The topological polar surface area (TPSA) is 27.7 Å². The lowest BCUT2D eigenvalue weighted by molar-refractivity contribution is -0.156. The Morgan fingerprint density at radius 1 is 1.22 bits per heavy atom. The van der Waals surface area contributed by atoms with Gasteiger partial charge in [0.05, 0.1) is 18.0 Å². The molecule has 0 saturated carbocycles. The van der Waals surface area contributed by atoms with Crippen LogP contribution in [0, 0.1) is 0 Å². The van der Waals surface area contributed by atoms with E-state index in [1.807, 2.05) is 42.5 Å². The molecule has 1 aliphatic rings. The Balaban J connectivity index is 1.76. The summed E-state index contributed by atoms with van der Waals surface area (Å²) in [5, 5.41) is 1.24. The third-order valence-electron chi connectivity index (χ3n) is 3.82. The second-order valence-corrected chi connectivity index (χ2v) is 6.43. The van der Waals surface area contributed by atoms with Crippen LogP contribution in [0.15, 0.2) is 48.5 Å². The lowest BCUT2D eigenvalue weighted by Gasteiger charge is -2.26. The Bertz CT molecular complexity index is 662. The van der Waals surface area contributed by atoms with Gasteiger partial charge < -0.3 is 14.2 Å². The van der Waals surface area contributed by atoms with Crippen molar-refractivity contribution in [3.8, 4) is 11.5 Å². The highest BCUT2D eigenvalue weighted by Gasteiger charge is 2.41. The minimum absolute atomic E-state index is 0.134. The van der Waals surface area contributed by atoms with Gasteiger partial charge in [-0.05, 0) is 48.9 Å². The SMILES string of the molecule is CCC1COC(CBr)(c2ccc(Oc3cccc(Cl)c3)cc2)O1. The molecule has 23 heavy (non-hydrogen) atoms. The molecule has 2 aromatic carbocycles. The Morgan fingerprint density at radius 3 is 2.61 bits per heavy atom. The molecule has 2 unspecified atom stereocenters. The van der Waals surface area contributed by atoms with Gasteiger partial charge in [0.1, 0.15) is 11.5 Å². The molecule has 1 fully saturated rings. The van der Waals surface area contributed by atoms with Crippen molar-refractivity contribution < 1.29 is 14.2 Å². The Labute approximate surface area is 149 Å². The number of benzene rings is 2. The van der Waals surface area contributed by atoms with Crippen molar-refractivity contribution in [2.75, 3.05) is 11.9 Å². The molecule has 1 heterocycles. The smallest absolute Gasteiger partial charge is 0.205 e. The molecule has 2 atom stereocenters. The van der Waals surface area contributed by atoms with Crippen molar-refractivity contribution in [2.45, 2.75) is 25.2 Å². The maximum Gasteiger partial charge on any atom is 0.205 e. The van der Waals surface area contributed by atoms with E-state index in [0.717, 1.165) is 17.7 Å². The number of halogens is 2. The van der Waals surface area contributed by atoms with Gasteiger partial charge in [-0.15, -0.1) is 0 Å². The molecule has 2 aromatic rings. The Kier molecular flexibility index (Phi) is 5.27. The van der Waals surface area contributed by atoms with Crippen LogP contribution >= 0.6 is 27.5 Å². The van der Waals surface area contributed by atoms with Gasteiger partial charge in [-0.25, -0.2) is 0 Å². The molecule has 0 amide bonds. The van der Waals surface area contributed by atoms with Crippen LogP contribution in [0.5, 0.6) is 11.5 Å². The molecule has 1 aliphatic heterocycles. The van der Waals surface area contributed by atoms with E-state index in [1.165, 1.54) is 0 Å². The first kappa shape index (κ1) is 16.8. The molecule has 122 valence electrons. The predicted molar refractivity (Wildman–Crippen MR) is 94.6 cm³/mol. The zero-order valence-electron chi connectivity index (χ0n) is 12.8. The van der Waals surface area contributed by atoms with Gasteiger partial charge in [0, 0.05) is 10.6 Å². The van der Waals surface area contributed by atoms with Crippen LogP contribution in [0.1, 0.15) is 18.9 Å². The summed E-state index contributed by atoms with van der Waals surface area (Å²) < 4.78 is 17.8. The van der Waals surface area contributed by atoms with Crippen LogP contribution in [0.4, 0.5) is 0 Å². The normalized spacial score (nSPS) is 23.9. The first-order valence-electron chi connectivity index (χ1n) is 7.57. The first-order chi connectivity index (χ1) is 11.1. The highest BCUT2D eigenvalue weighted by atomic mass is 79.9. The van der Waals surface area contributed by atoms with Crippen molar-refractivity contribution in [3.63, 3.8) is 0 Å². The number of hydrogen-bond donors (Lipinski definition) is 0. The molecule has 0 spiro atoms. The summed E-state index contributed by atoms with van der Waals surface area (Å²) in [6, 6.07) is 15.1. The van der Waals surface area contributed by atoms with Crippen LogP contribution in [-0.4, -0.2) is 18.0 Å². The third-order valence-corrected chi connectivity index (χ3v) is 4.79. The van der Waals surface area contributed by atoms with Gasteiger partial charge in [0.2, 0.25) is 5.79 Å². The molecule has 1 saturated heterocycles. The summed E-state index contributed by atoms with van der Waals surface area (Å²) in [6.07, 6.45) is 1.07. The van der Waals surface area contributed by atoms with E-state index in [-0.39, 0.29) is 6.10 Å². The van der Waals surface area contributed by atoms with Gasteiger partial charge in [-0.3, -0.25) is 0 Å². The molecule has 5 heteroatoms. The van der Waals surface area contributed by atoms with E-state index < -0.39 is 5.79 Å². The summed E-state index contributed by atoms with van der Waals surface area (Å²) in [5.74, 6) is 0.737. The van der Waals surface area contributed by atoms with E-state index in [0.29, 0.717) is 22.7 Å². The van der Waals surface area contributed by atoms with Crippen molar-refractivity contribution in [1.29, 1.82) is 0 Å². The largest absolute Gasteiger partial charge is 0.457 e. The van der Waals surface area contributed by atoms with E-state index >= 15 is 0 Å². The molecular weight excluding hydrogens is 380 g/mol. The second-order valence-electron chi connectivity index (χ2n) is 5.43. The van der Waals surface area contributed by atoms with Gasteiger partial charge in [0.25, 0.3) is 0 Å². The monoisotopic (exact) mass is 396 g/mol. The zero-order valence-corrected chi connectivity index (χ0v) is 15.1. The Hall–Kier alpha value is -1.07. The van der Waals surface area contributed by atoms with Crippen LogP contribution in [0.25, 0.3) is 0 Å². The first-order valence-corrected chi connectivity index (χ1v) is 9.07. The third kappa shape index (κ3) is 3.72. The van der Waals surface area contributed by atoms with Crippen LogP contribution < -0.4 is 4.74 Å². The van der Waals surface area contributed by atoms with E-state index in [1.54, 1.807) is 6.07 Å². The molecule has 3 nitrogen and oxygen atoms in total. The van der Waals surface area contributed by atoms with E-state index in [9.17, 15) is 0 Å². The lowest BCUT2D eigenvalue weighted by atomic mass is 10.1. The summed E-state index contributed by atoms with van der Waals surface area (Å²) in [4.78, 5) is 0. The number of alkyl halides is 1. The fourth-order valence-electron chi connectivity index (χ4n) is 2.51. The lowest BCUT2D eigenvalue weighted by Crippen LogP contribution is -2.29. The second kappa shape index (κ2) is 7.22. The van der Waals surface area contributed by atoms with E-state index in [2.05, 4.69) is 22.9 Å². The van der Waals surface area contributed by atoms with Gasteiger partial charge in [0.15, 0.2) is 0 Å². The van der Waals surface area contributed by atoms with Gasteiger partial charge in [-0.1, -0.05) is 40.5 Å². The summed E-state index contributed by atoms with van der Waals surface area (Å²) in [5.41, 5.74) is 0.976. The minimum atomic E-state index is -0.713. The number of hydrogen-bond acceptors (Lipinski definition) is 3. The Morgan fingerprint density at radius 2 is 2.00 bits per heavy atom. The summed E-state index contributed by atoms with van der Waals surface area (Å²) >= 11 is 9.48. The molecular formula is C18H18BrClO3. The maximum absolute atomic E-state index is 6.08. The molecule has 0 aromatic heterocycles. The average Bonchev–Trinajstić information content (AvgIpc) is 3.01. The number of ether oxygens (including phenoxy) is 3. The van der Waals surface area contributed by atoms with Crippen molar-refractivity contribution in [1.82, 2.24) is 0 Å². The van der Waals surface area contributed by atoms with Crippen molar-refractivity contribution in [2.24, 2.45) is 0 Å². The highest BCUT2D eigenvalue weighted by molar-refractivity contribution is 9.09. The molecule has 3 rings (SSSR count). The minimum Gasteiger partial charge on any atom is -0.457 e. The fraction of sp³-hybridized carbons (Fsp3) is 0.333. The molecule has 0 aliphatic carbocycles. The maximum atomic E-state index is 6.08. The standard InChI is InChI=1S/C18H18BrClO3/c1-2-15-11-21-18(12-19,23-15)13-6-8-16(9-7-13)22-17-5-3-4-14(20)10-17/h3-10,15H,2,11-12H2,1H3. The molecule has 0 radical (unpaired) electrons. The van der Waals surface area contributed by atoms with E-state index in [4.69, 9.17) is 25.8 Å². The quantitative estimate of drug-likeness (QED) is 0.623. The van der Waals surface area contributed by atoms with Crippen LogP contribution in [0.2, 0.25) is 5.02 Å². The summed E-state index contributed by atoms with van der Waals surface area (Å²) in [6.45, 7) is 2.71. The van der Waals surface area contributed by atoms with Crippen molar-refractivity contribution in [3.05, 3.63) is 59.1 Å². The fourth-order valence-corrected chi connectivity index (χ4v) is 3.31. The van der Waals surface area contributed by atoms with Crippen molar-refractivity contribution >= 4 is 27.5 Å². The predicted octanol–water partition coefficient (Wildman–Crippen LogP) is 5.51. The van der Waals surface area contributed by atoms with Gasteiger partial charge in [-0.2, -0.15) is 0 Å². The average molecular weight is 398 g/mol. The van der Waals surface area contributed by atoms with Gasteiger partial charge >= 0.3 is 0 Å².